The molecule has 0 unspecified atom stereocenters. The fraction of sp³-hybridized carbons (Fsp3) is 0.300. The smallest absolute Gasteiger partial charge is 0.339 e. The van der Waals surface area contributed by atoms with E-state index in [-0.39, 0.29) is 11.5 Å². The molecule has 0 saturated carbocycles. The topological polar surface area (TPSA) is 83.1 Å². The molecule has 0 fully saturated rings. The van der Waals surface area contributed by atoms with E-state index in [4.69, 9.17) is 18.9 Å². The highest BCUT2D eigenvalue weighted by atomic mass is 16.6. The van der Waals surface area contributed by atoms with E-state index in [2.05, 4.69) is 5.32 Å². The number of benzene rings is 2. The number of ether oxygens (including phenoxy) is 4. The van der Waals surface area contributed by atoms with Crippen molar-refractivity contribution in [3.05, 3.63) is 53.6 Å². The molecule has 0 saturated heterocycles. The average molecular weight is 371 g/mol. The summed E-state index contributed by atoms with van der Waals surface area (Å²) >= 11 is 0. The van der Waals surface area contributed by atoms with E-state index in [1.165, 1.54) is 26.2 Å². The second-order valence-electron chi connectivity index (χ2n) is 5.95. The van der Waals surface area contributed by atoms with Crippen molar-refractivity contribution in [2.45, 2.75) is 19.6 Å². The summed E-state index contributed by atoms with van der Waals surface area (Å²) in [7, 11) is 1.47. The highest BCUT2D eigenvalue weighted by molar-refractivity contribution is 5.93. The van der Waals surface area contributed by atoms with Crippen LogP contribution >= 0.6 is 0 Å². The van der Waals surface area contributed by atoms with Crippen LogP contribution in [-0.2, 0) is 16.1 Å². The third-order valence-electron chi connectivity index (χ3n) is 4.03. The molecule has 1 amide bonds. The zero-order valence-corrected chi connectivity index (χ0v) is 15.2. The zero-order valence-electron chi connectivity index (χ0n) is 15.2. The highest BCUT2D eigenvalue weighted by Crippen LogP contribution is 2.40. The van der Waals surface area contributed by atoms with Crippen LogP contribution in [0.15, 0.2) is 42.5 Å². The fourth-order valence-corrected chi connectivity index (χ4v) is 2.60. The number of fused-ring (bicyclic) bond motifs is 1. The minimum absolute atomic E-state index is 0.221. The van der Waals surface area contributed by atoms with E-state index < -0.39 is 12.1 Å². The van der Waals surface area contributed by atoms with Gasteiger partial charge in [-0.05, 0) is 24.6 Å². The Morgan fingerprint density at radius 1 is 1.15 bits per heavy atom. The molecule has 0 spiro atoms. The third-order valence-corrected chi connectivity index (χ3v) is 4.03. The Kier molecular flexibility index (Phi) is 5.80. The molecule has 142 valence electrons. The number of amides is 1. The molecule has 1 aliphatic heterocycles. The van der Waals surface area contributed by atoms with Crippen LogP contribution in [0, 0.1) is 0 Å². The molecule has 7 nitrogen and oxygen atoms in total. The van der Waals surface area contributed by atoms with Crippen LogP contribution in [0.2, 0.25) is 0 Å². The van der Waals surface area contributed by atoms with Gasteiger partial charge in [0.25, 0.3) is 5.91 Å². The number of carbonyl (C=O) groups is 2. The molecule has 2 aromatic carbocycles. The minimum Gasteiger partial charge on any atom is -0.493 e. The van der Waals surface area contributed by atoms with Gasteiger partial charge in [0.05, 0.1) is 12.7 Å². The van der Waals surface area contributed by atoms with Gasteiger partial charge < -0.3 is 24.3 Å². The lowest BCUT2D eigenvalue weighted by Crippen LogP contribution is -2.35. The van der Waals surface area contributed by atoms with E-state index in [0.29, 0.717) is 37.0 Å². The molecule has 27 heavy (non-hydrogen) atoms. The Morgan fingerprint density at radius 3 is 2.63 bits per heavy atom. The first-order valence-electron chi connectivity index (χ1n) is 8.58. The van der Waals surface area contributed by atoms with Crippen LogP contribution in [0.5, 0.6) is 17.2 Å². The first-order valence-corrected chi connectivity index (χ1v) is 8.58. The second kappa shape index (κ2) is 8.44. The van der Waals surface area contributed by atoms with E-state index >= 15 is 0 Å². The van der Waals surface area contributed by atoms with Gasteiger partial charge in [0.15, 0.2) is 17.6 Å². The lowest BCUT2D eigenvalue weighted by atomic mass is 10.1. The lowest BCUT2D eigenvalue weighted by molar-refractivity contribution is -0.129. The van der Waals surface area contributed by atoms with Gasteiger partial charge >= 0.3 is 5.97 Å². The maximum atomic E-state index is 12.4. The number of methoxy groups -OCH3 is 1. The normalized spacial score (nSPS) is 13.4. The summed E-state index contributed by atoms with van der Waals surface area (Å²) in [6, 6.07) is 12.5. The van der Waals surface area contributed by atoms with Crippen LogP contribution < -0.4 is 19.5 Å². The zero-order chi connectivity index (χ0) is 19.2. The number of esters is 1. The number of nitrogens with one attached hydrogen (secondary N) is 1. The Hall–Kier alpha value is -3.22. The molecule has 0 bridgehead atoms. The van der Waals surface area contributed by atoms with Gasteiger partial charge in [0.2, 0.25) is 5.75 Å². The van der Waals surface area contributed by atoms with Gasteiger partial charge in [-0.25, -0.2) is 4.79 Å². The van der Waals surface area contributed by atoms with Crippen molar-refractivity contribution < 1.29 is 28.5 Å². The minimum atomic E-state index is -0.944. The lowest BCUT2D eigenvalue weighted by Gasteiger charge is -2.21. The van der Waals surface area contributed by atoms with Gasteiger partial charge in [0.1, 0.15) is 13.2 Å². The molecular weight excluding hydrogens is 350 g/mol. The molecule has 0 radical (unpaired) electrons. The van der Waals surface area contributed by atoms with Crippen molar-refractivity contribution in [1.82, 2.24) is 5.32 Å². The monoisotopic (exact) mass is 371 g/mol. The molecule has 2 aromatic rings. The van der Waals surface area contributed by atoms with E-state index in [1.54, 1.807) is 0 Å². The quantitative estimate of drug-likeness (QED) is 0.785. The van der Waals surface area contributed by atoms with Crippen LogP contribution in [0.1, 0.15) is 22.8 Å². The summed E-state index contributed by atoms with van der Waals surface area (Å²) in [5.74, 6) is 0.215. The van der Waals surface area contributed by atoms with Crippen molar-refractivity contribution in [2.75, 3.05) is 20.3 Å². The molecule has 1 aliphatic rings. The van der Waals surface area contributed by atoms with Crippen LogP contribution in [0.4, 0.5) is 0 Å². The molecule has 1 N–H and O–H groups in total. The van der Waals surface area contributed by atoms with Crippen molar-refractivity contribution >= 4 is 11.9 Å². The van der Waals surface area contributed by atoms with Crippen molar-refractivity contribution in [3.63, 3.8) is 0 Å². The van der Waals surface area contributed by atoms with Gasteiger partial charge in [0, 0.05) is 6.54 Å². The highest BCUT2D eigenvalue weighted by Gasteiger charge is 2.24. The standard InChI is InChI=1S/C20H21NO6/c1-13(19(22)21-12-14-6-4-3-5-7-14)27-20(23)15-10-16(24-2)18-17(11-15)25-8-9-26-18/h3-7,10-11,13H,8-9,12H2,1-2H3,(H,21,22)/t13-/m1/s1. The number of rotatable bonds is 6. The molecule has 1 heterocycles. The van der Waals surface area contributed by atoms with Crippen molar-refractivity contribution in [2.24, 2.45) is 0 Å². The van der Waals surface area contributed by atoms with Crippen molar-refractivity contribution in [1.29, 1.82) is 0 Å². The van der Waals surface area contributed by atoms with E-state index in [0.717, 1.165) is 5.56 Å². The second-order valence-corrected chi connectivity index (χ2v) is 5.95. The summed E-state index contributed by atoms with van der Waals surface area (Å²) in [6.07, 6.45) is -0.944. The van der Waals surface area contributed by atoms with E-state index in [1.807, 2.05) is 30.3 Å². The number of hydrogen-bond acceptors (Lipinski definition) is 6. The van der Waals surface area contributed by atoms with Crippen LogP contribution in [0.25, 0.3) is 0 Å². The van der Waals surface area contributed by atoms with E-state index in [9.17, 15) is 9.59 Å². The number of hydrogen-bond donors (Lipinski definition) is 1. The predicted molar refractivity (Wildman–Crippen MR) is 97.2 cm³/mol. The maximum Gasteiger partial charge on any atom is 0.339 e. The Bertz CT molecular complexity index is 803. The van der Waals surface area contributed by atoms with Crippen molar-refractivity contribution in [3.8, 4) is 17.2 Å². The maximum absolute atomic E-state index is 12.4. The molecule has 0 aliphatic carbocycles. The molecule has 7 heteroatoms. The predicted octanol–water partition coefficient (Wildman–Crippen LogP) is 2.33. The number of carbonyl (C=O) groups excluding carboxylic acids is 2. The Morgan fingerprint density at radius 2 is 1.89 bits per heavy atom. The summed E-state index contributed by atoms with van der Waals surface area (Å²) in [4.78, 5) is 24.6. The molecule has 1 atom stereocenters. The van der Waals surface area contributed by atoms with Gasteiger partial charge in [-0.3, -0.25) is 4.79 Å². The summed E-state index contributed by atoms with van der Waals surface area (Å²) in [5, 5.41) is 2.74. The van der Waals surface area contributed by atoms with Gasteiger partial charge in [-0.15, -0.1) is 0 Å². The SMILES string of the molecule is COc1cc(C(=O)O[C@H](C)C(=O)NCc2ccccc2)cc2c1OCCO2. The van der Waals surface area contributed by atoms with Crippen LogP contribution in [-0.4, -0.2) is 38.3 Å². The molecule has 0 aromatic heterocycles. The first-order chi connectivity index (χ1) is 13.1. The van der Waals surface area contributed by atoms with Gasteiger partial charge in [-0.2, -0.15) is 0 Å². The largest absolute Gasteiger partial charge is 0.493 e. The summed E-state index contributed by atoms with van der Waals surface area (Å²) in [5.41, 5.74) is 1.18. The molecule has 3 rings (SSSR count). The summed E-state index contributed by atoms with van der Waals surface area (Å²) < 4.78 is 21.5. The first kappa shape index (κ1) is 18.6. The summed E-state index contributed by atoms with van der Waals surface area (Å²) in [6.45, 7) is 2.67. The Labute approximate surface area is 157 Å². The Balaban J connectivity index is 1.63. The molecular formula is C20H21NO6. The average Bonchev–Trinajstić information content (AvgIpc) is 2.71. The van der Waals surface area contributed by atoms with Crippen LogP contribution in [0.3, 0.4) is 0 Å². The fourth-order valence-electron chi connectivity index (χ4n) is 2.60. The van der Waals surface area contributed by atoms with Gasteiger partial charge in [-0.1, -0.05) is 30.3 Å². The third kappa shape index (κ3) is 4.49.